The molecule has 0 saturated carbocycles. The molecule has 1 rings (SSSR count). The third-order valence-corrected chi connectivity index (χ3v) is 4.61. The number of sulfonamides is 1. The zero-order valence-corrected chi connectivity index (χ0v) is 12.2. The van der Waals surface area contributed by atoms with E-state index in [0.717, 1.165) is 17.7 Å². The largest absolute Gasteiger partial charge is 0.316 e. The fourth-order valence-corrected chi connectivity index (χ4v) is 3.29. The Kier molecular flexibility index (Phi) is 6.03. The van der Waals surface area contributed by atoms with Crippen LogP contribution >= 0.6 is 0 Å². The van der Waals surface area contributed by atoms with E-state index in [0.29, 0.717) is 6.54 Å². The van der Waals surface area contributed by atoms with Crippen molar-refractivity contribution in [3.63, 3.8) is 0 Å². The van der Waals surface area contributed by atoms with E-state index < -0.39 is 10.0 Å². The molecule has 0 aliphatic heterocycles. The number of benzene rings is 1. The molecular weight excluding hydrogens is 260 g/mol. The van der Waals surface area contributed by atoms with Gasteiger partial charge < -0.3 is 5.32 Å². The lowest BCUT2D eigenvalue weighted by atomic mass is 10.1. The Hall–Kier alpha value is -1.35. The van der Waals surface area contributed by atoms with Crippen molar-refractivity contribution in [2.75, 3.05) is 20.1 Å². The quantitative estimate of drug-likeness (QED) is 0.763. The van der Waals surface area contributed by atoms with Crippen LogP contribution in [0.4, 0.5) is 0 Å². The molecule has 0 atom stereocenters. The van der Waals surface area contributed by atoms with E-state index in [2.05, 4.69) is 11.2 Å². The monoisotopic (exact) mass is 280 g/mol. The Morgan fingerprint density at radius 3 is 2.63 bits per heavy atom. The molecule has 0 aliphatic carbocycles. The van der Waals surface area contributed by atoms with Gasteiger partial charge in [-0.05, 0) is 18.2 Å². The van der Waals surface area contributed by atoms with Crippen LogP contribution in [-0.2, 0) is 22.3 Å². The normalized spacial score (nSPS) is 11.5. The summed E-state index contributed by atoms with van der Waals surface area (Å²) in [5.74, 6) is 2.37. The molecule has 0 bridgehead atoms. The van der Waals surface area contributed by atoms with Crippen LogP contribution in [0.1, 0.15) is 18.1 Å². The molecule has 4 nitrogen and oxygen atoms in total. The Balaban J connectivity index is 2.88. The molecule has 1 aromatic carbocycles. The molecule has 0 saturated heterocycles. The molecule has 1 N–H and O–H groups in total. The first kappa shape index (κ1) is 15.7. The summed E-state index contributed by atoms with van der Waals surface area (Å²) in [4.78, 5) is 0. The molecular formula is C14H20N2O2S. The third-order valence-electron chi connectivity index (χ3n) is 2.74. The Bertz CT molecular complexity index is 547. The van der Waals surface area contributed by atoms with E-state index in [1.807, 2.05) is 31.3 Å². The SMILES string of the molecule is C#CCN(CC)S(=O)(=O)Cc1cccc(CNC)c1. The van der Waals surface area contributed by atoms with Crippen LogP contribution in [-0.4, -0.2) is 32.9 Å². The molecule has 0 radical (unpaired) electrons. The predicted molar refractivity (Wildman–Crippen MR) is 77.9 cm³/mol. The summed E-state index contributed by atoms with van der Waals surface area (Å²) in [6.45, 7) is 3.01. The zero-order valence-electron chi connectivity index (χ0n) is 11.4. The fourth-order valence-electron chi connectivity index (χ4n) is 1.84. The first-order valence-corrected chi connectivity index (χ1v) is 7.78. The highest BCUT2D eigenvalue weighted by Crippen LogP contribution is 2.12. The highest BCUT2D eigenvalue weighted by atomic mass is 32.2. The van der Waals surface area contributed by atoms with Gasteiger partial charge in [-0.25, -0.2) is 8.42 Å². The third kappa shape index (κ3) is 4.67. The highest BCUT2D eigenvalue weighted by molar-refractivity contribution is 7.88. The van der Waals surface area contributed by atoms with E-state index in [-0.39, 0.29) is 12.3 Å². The summed E-state index contributed by atoms with van der Waals surface area (Å²) in [7, 11) is -1.49. The Morgan fingerprint density at radius 1 is 1.37 bits per heavy atom. The van der Waals surface area contributed by atoms with E-state index in [4.69, 9.17) is 6.42 Å². The summed E-state index contributed by atoms with van der Waals surface area (Å²) < 4.78 is 25.7. The fraction of sp³-hybridized carbons (Fsp3) is 0.429. The summed E-state index contributed by atoms with van der Waals surface area (Å²) in [6.07, 6.45) is 5.19. The molecule has 0 amide bonds. The van der Waals surface area contributed by atoms with Crippen molar-refractivity contribution in [1.82, 2.24) is 9.62 Å². The molecule has 0 fully saturated rings. The number of hydrogen-bond donors (Lipinski definition) is 1. The van der Waals surface area contributed by atoms with Gasteiger partial charge in [-0.15, -0.1) is 6.42 Å². The van der Waals surface area contributed by atoms with Crippen molar-refractivity contribution >= 4 is 10.0 Å². The lowest BCUT2D eigenvalue weighted by molar-refractivity contribution is 0.463. The smallest absolute Gasteiger partial charge is 0.219 e. The number of nitrogens with zero attached hydrogens (tertiary/aromatic N) is 1. The maximum atomic E-state index is 12.2. The summed E-state index contributed by atoms with van der Waals surface area (Å²) >= 11 is 0. The molecule has 104 valence electrons. The average molecular weight is 280 g/mol. The summed E-state index contributed by atoms with van der Waals surface area (Å²) in [5.41, 5.74) is 1.85. The molecule has 0 heterocycles. The van der Waals surface area contributed by atoms with Crippen LogP contribution in [0, 0.1) is 12.3 Å². The van der Waals surface area contributed by atoms with Crippen LogP contribution in [0.25, 0.3) is 0 Å². The van der Waals surface area contributed by atoms with Gasteiger partial charge in [0.15, 0.2) is 0 Å². The van der Waals surface area contributed by atoms with E-state index in [1.54, 1.807) is 6.92 Å². The van der Waals surface area contributed by atoms with Crippen LogP contribution < -0.4 is 5.32 Å². The van der Waals surface area contributed by atoms with Gasteiger partial charge in [-0.3, -0.25) is 0 Å². The number of rotatable bonds is 7. The zero-order chi connectivity index (χ0) is 14.3. The van der Waals surface area contributed by atoms with Gasteiger partial charge in [0, 0.05) is 13.1 Å². The van der Waals surface area contributed by atoms with Gasteiger partial charge >= 0.3 is 0 Å². The molecule has 5 heteroatoms. The average Bonchev–Trinajstić information content (AvgIpc) is 2.36. The van der Waals surface area contributed by atoms with Crippen LogP contribution in [0.2, 0.25) is 0 Å². The lowest BCUT2D eigenvalue weighted by Crippen LogP contribution is -2.32. The number of terminal acetylenes is 1. The van der Waals surface area contributed by atoms with Crippen molar-refractivity contribution in [3.05, 3.63) is 35.4 Å². The second-order valence-corrected chi connectivity index (χ2v) is 6.21. The van der Waals surface area contributed by atoms with Crippen molar-refractivity contribution in [2.24, 2.45) is 0 Å². The van der Waals surface area contributed by atoms with E-state index in [9.17, 15) is 8.42 Å². The summed E-state index contributed by atoms with van der Waals surface area (Å²) in [6, 6.07) is 7.55. The molecule has 0 aromatic heterocycles. The maximum Gasteiger partial charge on any atom is 0.219 e. The van der Waals surface area contributed by atoms with Crippen LogP contribution in [0.15, 0.2) is 24.3 Å². The second kappa shape index (κ2) is 7.29. The van der Waals surface area contributed by atoms with Gasteiger partial charge in [0.1, 0.15) is 0 Å². The molecule has 0 spiro atoms. The minimum absolute atomic E-state index is 0.0138. The predicted octanol–water partition coefficient (Wildman–Crippen LogP) is 1.19. The van der Waals surface area contributed by atoms with Gasteiger partial charge in [0.2, 0.25) is 10.0 Å². The standard InChI is InChI=1S/C14H20N2O2S/c1-4-9-16(5-2)19(17,18)12-14-8-6-7-13(10-14)11-15-3/h1,6-8,10,15H,5,9,11-12H2,2-3H3. The van der Waals surface area contributed by atoms with E-state index in [1.165, 1.54) is 4.31 Å². The molecule has 1 aromatic rings. The first-order valence-electron chi connectivity index (χ1n) is 6.17. The Labute approximate surface area is 115 Å². The van der Waals surface area contributed by atoms with Crippen molar-refractivity contribution in [2.45, 2.75) is 19.2 Å². The topological polar surface area (TPSA) is 49.4 Å². The second-order valence-electron chi connectivity index (χ2n) is 4.24. The van der Waals surface area contributed by atoms with Gasteiger partial charge in [-0.1, -0.05) is 37.1 Å². The van der Waals surface area contributed by atoms with Gasteiger partial charge in [0.05, 0.1) is 12.3 Å². The first-order chi connectivity index (χ1) is 9.03. The minimum Gasteiger partial charge on any atom is -0.316 e. The van der Waals surface area contributed by atoms with E-state index >= 15 is 0 Å². The summed E-state index contributed by atoms with van der Waals surface area (Å²) in [5, 5.41) is 3.04. The maximum absolute atomic E-state index is 12.2. The molecule has 19 heavy (non-hydrogen) atoms. The van der Waals surface area contributed by atoms with Gasteiger partial charge in [0.25, 0.3) is 0 Å². The van der Waals surface area contributed by atoms with Crippen LogP contribution in [0.5, 0.6) is 0 Å². The molecule has 0 aliphatic rings. The Morgan fingerprint density at radius 2 is 2.05 bits per heavy atom. The molecule has 0 unspecified atom stereocenters. The lowest BCUT2D eigenvalue weighted by Gasteiger charge is -2.18. The van der Waals surface area contributed by atoms with Gasteiger partial charge in [-0.2, -0.15) is 4.31 Å². The van der Waals surface area contributed by atoms with Crippen molar-refractivity contribution < 1.29 is 8.42 Å². The highest BCUT2D eigenvalue weighted by Gasteiger charge is 2.20. The number of hydrogen-bond acceptors (Lipinski definition) is 3. The van der Waals surface area contributed by atoms with Crippen molar-refractivity contribution in [1.29, 1.82) is 0 Å². The van der Waals surface area contributed by atoms with Crippen LogP contribution in [0.3, 0.4) is 0 Å². The number of nitrogens with one attached hydrogen (secondary N) is 1. The van der Waals surface area contributed by atoms with Crippen molar-refractivity contribution in [3.8, 4) is 12.3 Å². The minimum atomic E-state index is -3.35.